The number of H-pyrrole nitrogens is 1. The van der Waals surface area contributed by atoms with Crippen LogP contribution < -0.4 is 11.2 Å². The third-order valence-corrected chi connectivity index (χ3v) is 4.76. The maximum absolute atomic E-state index is 11.8. The number of unbranched alkanes of at least 4 members (excludes halogenated alkanes) is 10. The molecular weight excluding hydrogens is 344 g/mol. The first kappa shape index (κ1) is 23.2. The van der Waals surface area contributed by atoms with Gasteiger partial charge in [0, 0.05) is 18.3 Å². The van der Waals surface area contributed by atoms with Gasteiger partial charge in [-0.15, -0.1) is 0 Å². The lowest BCUT2D eigenvalue weighted by Crippen LogP contribution is -2.31. The molecule has 0 aliphatic carbocycles. The average Bonchev–Trinajstić information content (AvgIpc) is 2.64. The number of carbonyl (C=O) groups excluding carboxylic acids is 1. The van der Waals surface area contributed by atoms with Crippen LogP contribution in [0.3, 0.4) is 0 Å². The van der Waals surface area contributed by atoms with Crippen LogP contribution in [0.25, 0.3) is 0 Å². The molecule has 0 saturated carbocycles. The fourth-order valence-electron chi connectivity index (χ4n) is 3.02. The van der Waals surface area contributed by atoms with Crippen molar-refractivity contribution in [3.63, 3.8) is 0 Å². The third-order valence-electron chi connectivity index (χ3n) is 4.76. The molecule has 1 rings (SSSR count). The maximum Gasteiger partial charge on any atom is 0.328 e. The van der Waals surface area contributed by atoms with Gasteiger partial charge in [0.25, 0.3) is 5.56 Å². The van der Waals surface area contributed by atoms with Crippen LogP contribution in [0.4, 0.5) is 0 Å². The molecule has 154 valence electrons. The Balaban J connectivity index is 2.00. The van der Waals surface area contributed by atoms with E-state index in [0.29, 0.717) is 12.2 Å². The van der Waals surface area contributed by atoms with Crippen LogP contribution >= 0.6 is 0 Å². The minimum absolute atomic E-state index is 0.128. The summed E-state index contributed by atoms with van der Waals surface area (Å²) < 4.78 is 6.55. The molecule has 0 aromatic carbocycles. The highest BCUT2D eigenvalue weighted by atomic mass is 16.5. The maximum atomic E-state index is 11.8. The van der Waals surface area contributed by atoms with E-state index in [1.54, 1.807) is 6.92 Å². The Morgan fingerprint density at radius 1 is 0.963 bits per heavy atom. The number of hydrogen-bond acceptors (Lipinski definition) is 4. The van der Waals surface area contributed by atoms with Crippen molar-refractivity contribution < 1.29 is 9.53 Å². The van der Waals surface area contributed by atoms with E-state index in [9.17, 15) is 14.4 Å². The molecule has 27 heavy (non-hydrogen) atoms. The molecular formula is C21H36N2O4. The predicted octanol–water partition coefficient (Wildman–Crippen LogP) is 4.09. The average molecular weight is 381 g/mol. The summed E-state index contributed by atoms with van der Waals surface area (Å²) in [5, 5.41) is 0. The molecule has 0 atom stereocenters. The number of carbonyl (C=O) groups is 1. The highest BCUT2D eigenvalue weighted by Gasteiger charge is 2.06. The Morgan fingerprint density at radius 2 is 1.52 bits per heavy atom. The summed E-state index contributed by atoms with van der Waals surface area (Å²) in [6.45, 7) is 4.52. The van der Waals surface area contributed by atoms with Crippen molar-refractivity contribution in [1.82, 2.24) is 9.55 Å². The minimum Gasteiger partial charge on any atom is -0.466 e. The van der Waals surface area contributed by atoms with E-state index in [1.807, 2.05) is 0 Å². The molecule has 6 nitrogen and oxygen atoms in total. The van der Waals surface area contributed by atoms with Gasteiger partial charge in [-0.05, 0) is 13.3 Å². The summed E-state index contributed by atoms with van der Waals surface area (Å²) in [7, 11) is 0. The number of ether oxygens (including phenoxy) is 1. The minimum atomic E-state index is -0.497. The van der Waals surface area contributed by atoms with Crippen molar-refractivity contribution in [3.8, 4) is 0 Å². The third kappa shape index (κ3) is 10.8. The van der Waals surface area contributed by atoms with Crippen molar-refractivity contribution in [2.45, 2.75) is 97.4 Å². The number of aromatic nitrogens is 2. The van der Waals surface area contributed by atoms with Gasteiger partial charge in [-0.3, -0.25) is 19.1 Å². The van der Waals surface area contributed by atoms with Gasteiger partial charge in [-0.25, -0.2) is 4.79 Å². The van der Waals surface area contributed by atoms with Crippen molar-refractivity contribution in [1.29, 1.82) is 0 Å². The molecule has 0 amide bonds. The lowest BCUT2D eigenvalue weighted by Gasteiger charge is -2.07. The zero-order valence-electron chi connectivity index (χ0n) is 17.1. The van der Waals surface area contributed by atoms with E-state index < -0.39 is 11.2 Å². The molecule has 1 aromatic heterocycles. The lowest BCUT2D eigenvalue weighted by molar-refractivity contribution is -0.144. The van der Waals surface area contributed by atoms with Gasteiger partial charge >= 0.3 is 11.7 Å². The Kier molecular flexibility index (Phi) is 12.2. The van der Waals surface area contributed by atoms with E-state index in [-0.39, 0.29) is 18.9 Å². The highest BCUT2D eigenvalue weighted by Crippen LogP contribution is 2.11. The number of esters is 1. The van der Waals surface area contributed by atoms with Gasteiger partial charge in [0.2, 0.25) is 0 Å². The van der Waals surface area contributed by atoms with E-state index >= 15 is 0 Å². The number of nitrogens with one attached hydrogen (secondary N) is 1. The van der Waals surface area contributed by atoms with Gasteiger partial charge in [0.05, 0.1) is 13.0 Å². The number of rotatable bonds is 15. The second-order valence-electron chi connectivity index (χ2n) is 7.27. The van der Waals surface area contributed by atoms with Gasteiger partial charge in [0.1, 0.15) is 0 Å². The summed E-state index contributed by atoms with van der Waals surface area (Å²) in [5.74, 6) is -0.308. The highest BCUT2D eigenvalue weighted by molar-refractivity contribution is 5.69. The second kappa shape index (κ2) is 14.2. The Bertz CT molecular complexity index is 648. The van der Waals surface area contributed by atoms with E-state index in [2.05, 4.69) is 11.9 Å². The molecule has 0 aliphatic rings. The quantitative estimate of drug-likeness (QED) is 0.367. The van der Waals surface area contributed by atoms with Crippen molar-refractivity contribution in [2.24, 2.45) is 0 Å². The van der Waals surface area contributed by atoms with Crippen LogP contribution in [-0.2, 0) is 16.1 Å². The molecule has 0 radical (unpaired) electrons. The van der Waals surface area contributed by atoms with Crippen LogP contribution in [0.2, 0.25) is 0 Å². The van der Waals surface area contributed by atoms with Gasteiger partial charge in [-0.1, -0.05) is 71.1 Å². The predicted molar refractivity (Wildman–Crippen MR) is 108 cm³/mol. The van der Waals surface area contributed by atoms with Crippen LogP contribution in [0.1, 0.15) is 89.5 Å². The zero-order chi connectivity index (χ0) is 19.9. The molecule has 0 unspecified atom stereocenters. The van der Waals surface area contributed by atoms with Crippen LogP contribution in [0, 0.1) is 6.92 Å². The number of aromatic amines is 1. The molecule has 0 fully saturated rings. The first-order valence-corrected chi connectivity index (χ1v) is 10.5. The molecule has 1 heterocycles. The second-order valence-corrected chi connectivity index (χ2v) is 7.27. The molecule has 6 heteroatoms. The lowest BCUT2D eigenvalue weighted by atomic mass is 10.1. The van der Waals surface area contributed by atoms with Crippen molar-refractivity contribution >= 4 is 5.97 Å². The Labute approximate surface area is 162 Å². The standard InChI is InChI=1S/C21H36N2O4/c1-3-4-5-6-7-8-9-10-11-12-13-16-27-19(24)14-15-23-17-18(2)20(25)22-21(23)26/h17H,3-16H2,1-2H3,(H,22,25,26). The molecule has 0 bridgehead atoms. The topological polar surface area (TPSA) is 81.2 Å². The van der Waals surface area contributed by atoms with Gasteiger partial charge in [0.15, 0.2) is 0 Å². The number of aryl methyl sites for hydroxylation is 2. The molecule has 1 N–H and O–H groups in total. The molecule has 0 aliphatic heterocycles. The fourth-order valence-corrected chi connectivity index (χ4v) is 3.02. The Morgan fingerprint density at radius 3 is 2.11 bits per heavy atom. The SMILES string of the molecule is CCCCCCCCCCCCCOC(=O)CCn1cc(C)c(=O)[nH]c1=O. The monoisotopic (exact) mass is 380 g/mol. The molecule has 0 saturated heterocycles. The first-order chi connectivity index (χ1) is 13.0. The summed E-state index contributed by atoms with van der Waals surface area (Å²) in [4.78, 5) is 36.9. The summed E-state index contributed by atoms with van der Waals surface area (Å²) >= 11 is 0. The van der Waals surface area contributed by atoms with E-state index in [4.69, 9.17) is 4.74 Å². The normalized spacial score (nSPS) is 10.9. The van der Waals surface area contributed by atoms with Crippen molar-refractivity contribution in [2.75, 3.05) is 6.61 Å². The smallest absolute Gasteiger partial charge is 0.328 e. The summed E-state index contributed by atoms with van der Waals surface area (Å²) in [5.41, 5.74) is -0.442. The van der Waals surface area contributed by atoms with Gasteiger partial charge in [-0.2, -0.15) is 0 Å². The van der Waals surface area contributed by atoms with Crippen molar-refractivity contribution in [3.05, 3.63) is 32.6 Å². The largest absolute Gasteiger partial charge is 0.466 e. The first-order valence-electron chi connectivity index (χ1n) is 10.5. The van der Waals surface area contributed by atoms with Crippen LogP contribution in [-0.4, -0.2) is 22.1 Å². The van der Waals surface area contributed by atoms with E-state index in [1.165, 1.54) is 68.6 Å². The Hall–Kier alpha value is -1.85. The van der Waals surface area contributed by atoms with Crippen LogP contribution in [0.5, 0.6) is 0 Å². The number of nitrogens with zero attached hydrogens (tertiary/aromatic N) is 1. The van der Waals surface area contributed by atoms with Gasteiger partial charge < -0.3 is 4.74 Å². The zero-order valence-corrected chi connectivity index (χ0v) is 17.1. The summed E-state index contributed by atoms with van der Waals surface area (Å²) in [6, 6.07) is 0. The molecule has 1 aromatic rings. The summed E-state index contributed by atoms with van der Waals surface area (Å²) in [6.07, 6.45) is 15.4. The molecule has 0 spiro atoms. The fraction of sp³-hybridized carbons (Fsp3) is 0.762. The number of hydrogen-bond donors (Lipinski definition) is 1. The van der Waals surface area contributed by atoms with E-state index in [0.717, 1.165) is 12.8 Å². The van der Waals surface area contributed by atoms with Crippen LogP contribution in [0.15, 0.2) is 15.8 Å².